The molecule has 0 aliphatic carbocycles. The summed E-state index contributed by atoms with van der Waals surface area (Å²) in [6, 6.07) is 20.5. The zero-order valence-electron chi connectivity index (χ0n) is 43.5. The molecule has 4 N–H and O–H groups in total. The first kappa shape index (κ1) is 73.0. The molecule has 37 heteroatoms. The largest absolute Gasteiger partial charge is 1.00 e. The molecule has 2 atom stereocenters. The van der Waals surface area contributed by atoms with Crippen LogP contribution in [-0.2, 0) is 59.7 Å². The summed E-state index contributed by atoms with van der Waals surface area (Å²) in [5.41, 5.74) is -0.862. The van der Waals surface area contributed by atoms with Crippen LogP contribution >= 0.6 is 0 Å². The Labute approximate surface area is 555 Å². The maximum atomic E-state index is 13.1. The quantitative estimate of drug-likeness (QED) is 0.0138. The minimum Gasteiger partial charge on any atom is -0.846 e. The number of carbonyl (C=O) groups is 4. The average Bonchev–Trinajstić information content (AvgIpc) is 3.35. The Morgan fingerprint density at radius 2 is 0.756 bits per heavy atom. The van der Waals surface area contributed by atoms with Crippen LogP contribution in [0.25, 0.3) is 0 Å². The van der Waals surface area contributed by atoms with Crippen molar-refractivity contribution in [2.45, 2.75) is 45.5 Å². The molecule has 0 radical (unpaired) electrons. The zero-order valence-corrected chi connectivity index (χ0v) is 54.8. The van der Waals surface area contributed by atoms with Gasteiger partial charge in [-0.05, 0) is 147 Å². The van der Waals surface area contributed by atoms with Gasteiger partial charge in [-0.25, -0.2) is 30.2 Å². The second-order valence-electron chi connectivity index (χ2n) is 15.6. The van der Waals surface area contributed by atoms with Gasteiger partial charge < -0.3 is 34.7 Å². The maximum Gasteiger partial charge on any atom is 1.00 e. The predicted octanol–water partition coefficient (Wildman–Crippen LogP) is -5.69. The molecule has 0 aromatic heterocycles. The molecule has 82 heavy (non-hydrogen) atoms. The number of nitrogens with one attached hydrogen (secondary N) is 3. The number of carbonyl (C=O) groups excluding carboxylic acids is 4. The molecule has 2 unspecified atom stereocenters. The van der Waals surface area contributed by atoms with Crippen LogP contribution in [0.15, 0.2) is 199 Å². The summed E-state index contributed by atoms with van der Waals surface area (Å²) in [5.74, 6) is -3.76. The van der Waals surface area contributed by atoms with Crippen molar-refractivity contribution in [3.63, 3.8) is 0 Å². The Morgan fingerprint density at radius 3 is 1.10 bits per heavy atom. The van der Waals surface area contributed by atoms with Gasteiger partial charge in [0.15, 0.2) is 11.6 Å². The minimum absolute atomic E-state index is 0. The fraction of sp³-hybridized carbons (Fsp3) is 0.0889. The third-order valence-electron chi connectivity index (χ3n) is 9.84. The normalized spacial score (nSPS) is 12.8. The van der Waals surface area contributed by atoms with E-state index in [1.54, 1.807) is 0 Å². The number of azo groups is 4. The second kappa shape index (κ2) is 31.7. The molecule has 2 amide bonds. The first-order valence-corrected chi connectivity index (χ1v) is 27.0. The molecule has 0 saturated heterocycles. The van der Waals surface area contributed by atoms with Crippen LogP contribution < -0.4 is 139 Å². The summed E-state index contributed by atoms with van der Waals surface area (Å²) in [4.78, 5) is 51.7. The van der Waals surface area contributed by atoms with E-state index in [1.165, 1.54) is 72.8 Å². The molecule has 0 aliphatic rings. The van der Waals surface area contributed by atoms with Crippen molar-refractivity contribution in [1.29, 1.82) is 0 Å². The van der Waals surface area contributed by atoms with E-state index in [1.807, 2.05) is 0 Å². The number of hydrogen-bond donors (Lipinski definition) is 4. The zero-order chi connectivity index (χ0) is 57.2. The van der Waals surface area contributed by atoms with Crippen LogP contribution in [0.5, 0.6) is 0 Å². The third kappa shape index (κ3) is 21.8. The standard InChI is InChI=1S/C45H38N12O17S4.4Na/c1-25(58)41(43(60)46-27-3-7-29(8-4-27)50-52-31-11-17-35(18-12-31)75(63,64)65)56-54-37-21-15-33(23-39(37)77(69,70)71)48-45(62)49-34-16-22-38(40(24-34)78(72,73)74)55-57-42(26(2)59)44(61)47-28-5-9-30(10-6-28)51-53-32-13-19-36(20-14-32)76(66,67)68;;;;/h3-24,41-42H,1-2H3,(H,46,60)(H,47,61)(H2,48,49,62)(H,63,64,65)(H,66,67,68)(H,69,70,71)(H,72,73,74);;;;/q;4*+1/p-4. The molecular weight excluding hydrogens is 1200 g/mol. The number of hydrogen-bond acceptors (Lipinski definition) is 25. The molecule has 0 aliphatic heterocycles. The molecule has 0 heterocycles. The van der Waals surface area contributed by atoms with E-state index in [0.29, 0.717) is 12.1 Å². The van der Waals surface area contributed by atoms with Crippen LogP contribution in [0.1, 0.15) is 13.8 Å². The van der Waals surface area contributed by atoms with Crippen molar-refractivity contribution in [2.24, 2.45) is 45.9 Å². The van der Waals surface area contributed by atoms with Crippen molar-refractivity contribution < 1.29 is 194 Å². The van der Waals surface area contributed by atoms with Gasteiger partial charge in [0.1, 0.15) is 46.6 Å². The van der Waals surface area contributed by atoms with Gasteiger partial charge in [0.2, 0.25) is 12.1 Å². The fourth-order valence-corrected chi connectivity index (χ4v) is 8.33. The van der Waals surface area contributed by atoms with Crippen LogP contribution in [0.3, 0.4) is 0 Å². The number of nitrogens with zero attached hydrogens (tertiary/aromatic N) is 9. The van der Waals surface area contributed by atoms with Crippen molar-refractivity contribution in [3.8, 4) is 0 Å². The SMILES string of the molecule is CC(=O)C(N=Nc1ccc(N=C([O-])Nc2ccc(N=NC(C(C)=O)C(=O)Nc3ccc(N=Nc4ccc(S(=O)(=O)[O-])cc4)cc3)c(S(=O)(=O)O)c2)cc1S(=O)(=O)[O-])C(=O)Nc1ccc(N=Nc2ccc(S(=O)(=O)[O-])cc2)cc1.[Na+].[Na+].[Na+].[Na+]. The first-order valence-electron chi connectivity index (χ1n) is 21.4. The first-order chi connectivity index (χ1) is 36.5. The number of amides is 2. The van der Waals surface area contributed by atoms with E-state index in [9.17, 15) is 76.2 Å². The van der Waals surface area contributed by atoms with E-state index in [2.05, 4.69) is 61.9 Å². The number of anilines is 3. The summed E-state index contributed by atoms with van der Waals surface area (Å²) >= 11 is 0. The Hall–Kier alpha value is -5.09. The number of aliphatic imine (C=N–C) groups is 1. The number of benzene rings is 6. The molecule has 0 spiro atoms. The van der Waals surface area contributed by atoms with Gasteiger partial charge in [0.05, 0.1) is 49.1 Å². The summed E-state index contributed by atoms with van der Waals surface area (Å²) in [6.45, 7) is 1.97. The molecule has 6 rings (SSSR count). The molecule has 0 saturated carbocycles. The fourth-order valence-electron chi connectivity index (χ4n) is 6.12. The number of Topliss-reactive ketones (excluding diaryl/α,β-unsaturated/α-hetero) is 2. The number of rotatable bonds is 20. The predicted molar refractivity (Wildman–Crippen MR) is 267 cm³/mol. The maximum absolute atomic E-state index is 13.1. The van der Waals surface area contributed by atoms with Gasteiger partial charge >= 0.3 is 118 Å². The summed E-state index contributed by atoms with van der Waals surface area (Å²) in [6.07, 6.45) is 0. The van der Waals surface area contributed by atoms with Crippen molar-refractivity contribution >= 4 is 127 Å². The van der Waals surface area contributed by atoms with Crippen LogP contribution in [0.2, 0.25) is 0 Å². The van der Waals surface area contributed by atoms with Crippen molar-refractivity contribution in [2.75, 3.05) is 16.0 Å². The van der Waals surface area contributed by atoms with Crippen molar-refractivity contribution in [1.82, 2.24) is 0 Å². The molecule has 29 nitrogen and oxygen atoms in total. The molecule has 0 bridgehead atoms. The van der Waals surface area contributed by atoms with Gasteiger partial charge in [-0.2, -0.15) is 49.3 Å². The molecule has 6 aromatic carbocycles. The van der Waals surface area contributed by atoms with Gasteiger partial charge in [-0.15, -0.1) is 0 Å². The van der Waals surface area contributed by atoms with Crippen LogP contribution in [-0.4, -0.2) is 93.4 Å². The molecule has 0 fully saturated rings. The van der Waals surface area contributed by atoms with Gasteiger partial charge in [0.25, 0.3) is 21.9 Å². The van der Waals surface area contributed by atoms with E-state index < -0.39 is 119 Å². The number of ketones is 2. The molecule has 6 aromatic rings. The Morgan fingerprint density at radius 1 is 0.427 bits per heavy atom. The smallest absolute Gasteiger partial charge is 0.846 e. The third-order valence-corrected chi connectivity index (χ3v) is 13.3. The van der Waals surface area contributed by atoms with E-state index in [4.69, 9.17) is 0 Å². The van der Waals surface area contributed by atoms with Crippen LogP contribution in [0, 0.1) is 0 Å². The van der Waals surface area contributed by atoms with E-state index >= 15 is 0 Å². The summed E-state index contributed by atoms with van der Waals surface area (Å²) < 4.78 is 138. The van der Waals surface area contributed by atoms with E-state index in [0.717, 1.165) is 62.4 Å². The Bertz CT molecular complexity index is 3960. The molecule has 404 valence electrons. The van der Waals surface area contributed by atoms with Gasteiger partial charge in [-0.3, -0.25) is 23.7 Å². The number of amidine groups is 1. The average molecular weight is 1240 g/mol. The minimum atomic E-state index is -5.42. The summed E-state index contributed by atoms with van der Waals surface area (Å²) in [5, 5.41) is 50.4. The monoisotopic (exact) mass is 1230 g/mol. The second-order valence-corrected chi connectivity index (χ2v) is 21.1. The van der Waals surface area contributed by atoms with E-state index in [-0.39, 0.29) is 158 Å². The Balaban J connectivity index is 0.00000574. The molecular formula is C45H34N12Na4O17S4. The topological polar surface area (TPSA) is 465 Å². The van der Waals surface area contributed by atoms with Crippen LogP contribution in [0.4, 0.5) is 56.9 Å². The van der Waals surface area contributed by atoms with Gasteiger partial charge in [0, 0.05) is 17.1 Å². The van der Waals surface area contributed by atoms with Gasteiger partial charge in [-0.1, -0.05) is 0 Å². The summed E-state index contributed by atoms with van der Waals surface area (Å²) in [7, 11) is -19.9. The van der Waals surface area contributed by atoms with Crippen molar-refractivity contribution in [3.05, 3.63) is 133 Å². The Kier molecular flexibility index (Phi) is 28.2.